The number of rotatable bonds is 3. The summed E-state index contributed by atoms with van der Waals surface area (Å²) < 4.78 is 0. The maximum Gasteiger partial charge on any atom is 0.252 e. The minimum Gasteiger partial charge on any atom is -0.354 e. The highest BCUT2D eigenvalue weighted by Gasteiger charge is 2.23. The fourth-order valence-electron chi connectivity index (χ4n) is 2.57. The number of H-pyrrole nitrogens is 1. The molecule has 1 aliphatic rings. The van der Waals surface area contributed by atoms with E-state index in [9.17, 15) is 4.79 Å². The largest absolute Gasteiger partial charge is 0.354 e. The summed E-state index contributed by atoms with van der Waals surface area (Å²) in [6.45, 7) is 12.5. The summed E-state index contributed by atoms with van der Waals surface area (Å²) in [6, 6.07) is 2.11. The van der Waals surface area contributed by atoms with Crippen molar-refractivity contribution < 1.29 is 0 Å². The Morgan fingerprint density at radius 2 is 2.21 bits per heavy atom. The molecule has 1 atom stereocenters. The standard InChI is InChI=1S/C14H24N4O/c1-5-17-6-7-18(9-11(17)4)12-8-13(19)16-14(15-12)10(2)3/h8,10-11H,5-7,9H2,1-4H3,(H,15,16,19). The first-order valence-electron chi connectivity index (χ1n) is 7.11. The fraction of sp³-hybridized carbons (Fsp3) is 0.714. The van der Waals surface area contributed by atoms with Gasteiger partial charge in [0.15, 0.2) is 0 Å². The summed E-state index contributed by atoms with van der Waals surface area (Å²) in [6.07, 6.45) is 0. The SMILES string of the molecule is CCN1CCN(c2cc(=O)[nH]c(C(C)C)n2)CC1C. The molecule has 0 amide bonds. The molecule has 19 heavy (non-hydrogen) atoms. The van der Waals surface area contributed by atoms with Gasteiger partial charge in [0.25, 0.3) is 5.56 Å². The van der Waals surface area contributed by atoms with E-state index >= 15 is 0 Å². The second-order valence-corrected chi connectivity index (χ2v) is 5.57. The zero-order valence-electron chi connectivity index (χ0n) is 12.3. The van der Waals surface area contributed by atoms with E-state index in [1.807, 2.05) is 13.8 Å². The third-order valence-corrected chi connectivity index (χ3v) is 3.79. The van der Waals surface area contributed by atoms with Crippen molar-refractivity contribution in [1.82, 2.24) is 14.9 Å². The Labute approximate surface area is 114 Å². The average Bonchev–Trinajstić information content (AvgIpc) is 2.37. The van der Waals surface area contributed by atoms with Crippen LogP contribution in [0.25, 0.3) is 0 Å². The topological polar surface area (TPSA) is 52.2 Å². The molecule has 0 bridgehead atoms. The van der Waals surface area contributed by atoms with Crippen LogP contribution < -0.4 is 10.5 Å². The lowest BCUT2D eigenvalue weighted by atomic mass is 10.2. The highest BCUT2D eigenvalue weighted by Crippen LogP contribution is 2.17. The van der Waals surface area contributed by atoms with Gasteiger partial charge in [-0.2, -0.15) is 0 Å². The molecule has 0 aromatic carbocycles. The van der Waals surface area contributed by atoms with Crippen LogP contribution in [0.1, 0.15) is 39.4 Å². The summed E-state index contributed by atoms with van der Waals surface area (Å²) in [5, 5.41) is 0. The molecule has 1 aromatic rings. The van der Waals surface area contributed by atoms with Crippen molar-refractivity contribution in [1.29, 1.82) is 0 Å². The van der Waals surface area contributed by atoms with Crippen molar-refractivity contribution in [2.24, 2.45) is 0 Å². The molecule has 5 heteroatoms. The summed E-state index contributed by atoms with van der Waals surface area (Å²) in [5.41, 5.74) is -0.0562. The normalized spacial score (nSPS) is 21.1. The van der Waals surface area contributed by atoms with Crippen molar-refractivity contribution >= 4 is 5.82 Å². The first-order valence-corrected chi connectivity index (χ1v) is 7.11. The Kier molecular flexibility index (Phi) is 4.24. The third kappa shape index (κ3) is 3.15. The molecule has 0 saturated carbocycles. The van der Waals surface area contributed by atoms with Crippen LogP contribution in [0.5, 0.6) is 0 Å². The number of likely N-dealkylation sites (N-methyl/N-ethyl adjacent to an activating group) is 1. The summed E-state index contributed by atoms with van der Waals surface area (Å²) in [5.74, 6) is 1.82. The fourth-order valence-corrected chi connectivity index (χ4v) is 2.57. The lowest BCUT2D eigenvalue weighted by Crippen LogP contribution is -2.52. The molecule has 0 aliphatic carbocycles. The number of aromatic amines is 1. The summed E-state index contributed by atoms with van der Waals surface area (Å²) in [7, 11) is 0. The van der Waals surface area contributed by atoms with Gasteiger partial charge < -0.3 is 9.88 Å². The zero-order valence-corrected chi connectivity index (χ0v) is 12.3. The molecule has 1 aromatic heterocycles. The Hall–Kier alpha value is -1.36. The number of piperazine rings is 1. The first kappa shape index (κ1) is 14.1. The number of hydrogen-bond acceptors (Lipinski definition) is 4. The van der Waals surface area contributed by atoms with E-state index in [-0.39, 0.29) is 11.5 Å². The van der Waals surface area contributed by atoms with Crippen molar-refractivity contribution in [2.75, 3.05) is 31.1 Å². The predicted octanol–water partition coefficient (Wildman–Crippen LogP) is 1.42. The molecule has 0 spiro atoms. The van der Waals surface area contributed by atoms with Gasteiger partial charge in [0, 0.05) is 37.7 Å². The molecule has 0 radical (unpaired) electrons. The van der Waals surface area contributed by atoms with Gasteiger partial charge in [-0.15, -0.1) is 0 Å². The van der Waals surface area contributed by atoms with E-state index in [0.717, 1.165) is 37.8 Å². The molecular weight excluding hydrogens is 240 g/mol. The van der Waals surface area contributed by atoms with E-state index < -0.39 is 0 Å². The number of nitrogens with one attached hydrogen (secondary N) is 1. The molecular formula is C14H24N4O. The smallest absolute Gasteiger partial charge is 0.252 e. The third-order valence-electron chi connectivity index (χ3n) is 3.79. The first-order chi connectivity index (χ1) is 9.01. The number of anilines is 1. The van der Waals surface area contributed by atoms with Gasteiger partial charge in [-0.05, 0) is 13.5 Å². The van der Waals surface area contributed by atoms with Crippen molar-refractivity contribution in [3.05, 3.63) is 22.2 Å². The van der Waals surface area contributed by atoms with Gasteiger partial charge in [-0.3, -0.25) is 9.69 Å². The molecule has 1 fully saturated rings. The van der Waals surface area contributed by atoms with E-state index in [2.05, 4.69) is 33.6 Å². The maximum atomic E-state index is 11.7. The Bertz CT molecular complexity index is 483. The summed E-state index contributed by atoms with van der Waals surface area (Å²) >= 11 is 0. The van der Waals surface area contributed by atoms with Crippen molar-refractivity contribution in [3.8, 4) is 0 Å². The van der Waals surface area contributed by atoms with Gasteiger partial charge in [0.1, 0.15) is 11.6 Å². The van der Waals surface area contributed by atoms with Crippen LogP contribution >= 0.6 is 0 Å². The molecule has 2 rings (SSSR count). The van der Waals surface area contributed by atoms with Crippen molar-refractivity contribution in [2.45, 2.75) is 39.7 Å². The minimum absolute atomic E-state index is 0.0562. The monoisotopic (exact) mass is 264 g/mol. The van der Waals surface area contributed by atoms with Gasteiger partial charge in [-0.25, -0.2) is 4.98 Å². The molecule has 2 heterocycles. The quantitative estimate of drug-likeness (QED) is 0.897. The molecule has 1 unspecified atom stereocenters. The lowest BCUT2D eigenvalue weighted by molar-refractivity contribution is 0.199. The van der Waals surface area contributed by atoms with Crippen LogP contribution in [0.3, 0.4) is 0 Å². The van der Waals surface area contributed by atoms with Crippen LogP contribution in [0.15, 0.2) is 10.9 Å². The maximum absolute atomic E-state index is 11.7. The van der Waals surface area contributed by atoms with Crippen LogP contribution in [-0.2, 0) is 0 Å². The number of hydrogen-bond donors (Lipinski definition) is 1. The van der Waals surface area contributed by atoms with Gasteiger partial charge in [0.05, 0.1) is 0 Å². The van der Waals surface area contributed by atoms with Crippen LogP contribution in [0.2, 0.25) is 0 Å². The highest BCUT2D eigenvalue weighted by molar-refractivity contribution is 5.38. The van der Waals surface area contributed by atoms with E-state index in [1.54, 1.807) is 6.07 Å². The summed E-state index contributed by atoms with van der Waals surface area (Å²) in [4.78, 5) is 23.8. The Morgan fingerprint density at radius 3 is 2.79 bits per heavy atom. The zero-order chi connectivity index (χ0) is 14.0. The van der Waals surface area contributed by atoms with Crippen LogP contribution in [0.4, 0.5) is 5.82 Å². The van der Waals surface area contributed by atoms with Crippen LogP contribution in [0, 0.1) is 0 Å². The van der Waals surface area contributed by atoms with Gasteiger partial charge in [-0.1, -0.05) is 20.8 Å². The van der Waals surface area contributed by atoms with E-state index in [0.29, 0.717) is 6.04 Å². The molecule has 1 aliphatic heterocycles. The number of nitrogens with zero attached hydrogens (tertiary/aromatic N) is 3. The Balaban J connectivity index is 2.21. The van der Waals surface area contributed by atoms with E-state index in [1.165, 1.54) is 0 Å². The van der Waals surface area contributed by atoms with Gasteiger partial charge >= 0.3 is 0 Å². The van der Waals surface area contributed by atoms with E-state index in [4.69, 9.17) is 0 Å². The molecule has 5 nitrogen and oxygen atoms in total. The second kappa shape index (κ2) is 5.74. The predicted molar refractivity (Wildman–Crippen MR) is 77.9 cm³/mol. The second-order valence-electron chi connectivity index (χ2n) is 5.57. The number of aromatic nitrogens is 2. The molecule has 106 valence electrons. The average molecular weight is 264 g/mol. The van der Waals surface area contributed by atoms with Crippen LogP contribution in [-0.4, -0.2) is 47.1 Å². The molecule has 1 N–H and O–H groups in total. The highest BCUT2D eigenvalue weighted by atomic mass is 16.1. The van der Waals surface area contributed by atoms with Crippen molar-refractivity contribution in [3.63, 3.8) is 0 Å². The minimum atomic E-state index is -0.0562. The molecule has 1 saturated heterocycles. The lowest BCUT2D eigenvalue weighted by Gasteiger charge is -2.39. The van der Waals surface area contributed by atoms with Gasteiger partial charge in [0.2, 0.25) is 0 Å². The Morgan fingerprint density at radius 1 is 1.47 bits per heavy atom.